The van der Waals surface area contributed by atoms with Crippen LogP contribution < -0.4 is 20.9 Å². The third-order valence-corrected chi connectivity index (χ3v) is 5.06. The molecule has 0 unspecified atom stereocenters. The first-order valence-electron chi connectivity index (χ1n) is 9.46. The lowest BCUT2D eigenvalue weighted by molar-refractivity contribution is 0.0934. The molecule has 158 valence electrons. The van der Waals surface area contributed by atoms with Crippen LogP contribution in [0.4, 0.5) is 0 Å². The van der Waals surface area contributed by atoms with Gasteiger partial charge in [0.25, 0.3) is 11.8 Å². The van der Waals surface area contributed by atoms with Gasteiger partial charge < -0.3 is 4.74 Å². The van der Waals surface area contributed by atoms with E-state index in [4.69, 9.17) is 17.0 Å². The molecule has 8 heteroatoms. The molecule has 3 N–H and O–H groups in total. The molecule has 0 saturated carbocycles. The highest BCUT2D eigenvalue weighted by Crippen LogP contribution is 2.26. The summed E-state index contributed by atoms with van der Waals surface area (Å²) < 4.78 is 6.46. The van der Waals surface area contributed by atoms with E-state index in [0.717, 1.165) is 6.42 Å². The van der Waals surface area contributed by atoms with Crippen molar-refractivity contribution in [1.82, 2.24) is 16.2 Å². The Morgan fingerprint density at radius 2 is 1.52 bits per heavy atom. The predicted octanol–water partition coefficient (Wildman–Crippen LogP) is 4.02. The van der Waals surface area contributed by atoms with Crippen molar-refractivity contribution in [1.29, 1.82) is 0 Å². The minimum absolute atomic E-state index is 0.0198. The van der Waals surface area contributed by atoms with E-state index >= 15 is 0 Å². The third kappa shape index (κ3) is 6.91. The second-order valence-corrected chi connectivity index (χ2v) is 7.72. The van der Waals surface area contributed by atoms with E-state index in [9.17, 15) is 9.59 Å². The Balaban J connectivity index is 1.48. The Labute approximate surface area is 194 Å². The number of carbonyl (C=O) groups excluding carboxylic acids is 2. The molecule has 0 fully saturated rings. The van der Waals surface area contributed by atoms with Gasteiger partial charge in [0.05, 0.1) is 11.1 Å². The molecule has 3 rings (SSSR count). The zero-order chi connectivity index (χ0) is 22.1. The molecule has 3 aromatic carbocycles. The Bertz CT molecular complexity index is 1060. The van der Waals surface area contributed by atoms with Crippen LogP contribution in [0, 0.1) is 0 Å². The number of carbonyl (C=O) groups is 2. The number of hydrogen-bond donors (Lipinski definition) is 3. The molecule has 0 spiro atoms. The van der Waals surface area contributed by atoms with Gasteiger partial charge in [-0.05, 0) is 64.0 Å². The molecule has 0 radical (unpaired) electrons. The van der Waals surface area contributed by atoms with Crippen LogP contribution in [-0.2, 0) is 6.42 Å². The van der Waals surface area contributed by atoms with Crippen LogP contribution in [0.5, 0.6) is 5.75 Å². The Morgan fingerprint density at radius 3 is 2.19 bits per heavy atom. The molecule has 0 atom stereocenters. The fourth-order valence-corrected chi connectivity index (χ4v) is 3.30. The van der Waals surface area contributed by atoms with Crippen molar-refractivity contribution < 1.29 is 14.3 Å². The number of halogens is 1. The highest BCUT2D eigenvalue weighted by Gasteiger charge is 2.12. The smallest absolute Gasteiger partial charge is 0.269 e. The first-order valence-corrected chi connectivity index (χ1v) is 10.7. The summed E-state index contributed by atoms with van der Waals surface area (Å²) in [6, 6.07) is 23.7. The van der Waals surface area contributed by atoms with Gasteiger partial charge in [-0.25, -0.2) is 0 Å². The highest BCUT2D eigenvalue weighted by molar-refractivity contribution is 9.10. The van der Waals surface area contributed by atoms with Crippen LogP contribution in [0.1, 0.15) is 26.3 Å². The quantitative estimate of drug-likeness (QED) is 0.354. The molecule has 31 heavy (non-hydrogen) atoms. The minimum atomic E-state index is -0.414. The fourth-order valence-electron chi connectivity index (χ4n) is 2.66. The summed E-state index contributed by atoms with van der Waals surface area (Å²) in [6.45, 7) is 0.517. The van der Waals surface area contributed by atoms with Crippen LogP contribution in [0.2, 0.25) is 0 Å². The molecule has 0 aliphatic heterocycles. The molecule has 0 bridgehead atoms. The van der Waals surface area contributed by atoms with E-state index in [1.54, 1.807) is 42.5 Å². The number of hydrogen-bond acceptors (Lipinski definition) is 4. The normalized spacial score (nSPS) is 10.1. The average Bonchev–Trinajstić information content (AvgIpc) is 2.79. The Hall–Kier alpha value is -3.23. The van der Waals surface area contributed by atoms with Gasteiger partial charge in [0, 0.05) is 17.5 Å². The standard InChI is InChI=1S/C23H20BrN3O3S/c24-19-15-18(11-12-20(19)30-14-13-16-7-3-1-4-8-16)21(28)25-23(31)27-26-22(29)17-9-5-2-6-10-17/h1-12,15H,13-14H2,(H,26,29)(H2,25,27,28,31). The van der Waals surface area contributed by atoms with Crippen LogP contribution in [0.25, 0.3) is 0 Å². The second kappa shape index (κ2) is 11.2. The van der Waals surface area contributed by atoms with Crippen LogP contribution in [-0.4, -0.2) is 23.5 Å². The van der Waals surface area contributed by atoms with Crippen molar-refractivity contribution in [2.45, 2.75) is 6.42 Å². The van der Waals surface area contributed by atoms with Gasteiger partial charge in [-0.1, -0.05) is 48.5 Å². The Kier molecular flexibility index (Phi) is 8.14. The third-order valence-electron chi connectivity index (χ3n) is 4.24. The number of hydrazine groups is 1. The predicted molar refractivity (Wildman–Crippen MR) is 127 cm³/mol. The van der Waals surface area contributed by atoms with Crippen molar-refractivity contribution in [3.8, 4) is 5.75 Å². The number of benzene rings is 3. The van der Waals surface area contributed by atoms with E-state index < -0.39 is 5.91 Å². The van der Waals surface area contributed by atoms with Gasteiger partial charge in [-0.3, -0.25) is 25.8 Å². The summed E-state index contributed by atoms with van der Waals surface area (Å²) in [7, 11) is 0. The molecule has 0 aliphatic rings. The second-order valence-electron chi connectivity index (χ2n) is 6.46. The molecule has 0 heterocycles. The lowest BCUT2D eigenvalue weighted by Gasteiger charge is -2.12. The molecular formula is C23H20BrN3O3S. The van der Waals surface area contributed by atoms with Gasteiger partial charge in [0.15, 0.2) is 5.11 Å². The van der Waals surface area contributed by atoms with E-state index in [1.807, 2.05) is 36.4 Å². The molecule has 0 aliphatic carbocycles. The van der Waals surface area contributed by atoms with E-state index in [2.05, 4.69) is 32.1 Å². The van der Waals surface area contributed by atoms with Crippen molar-refractivity contribution in [2.75, 3.05) is 6.61 Å². The SMILES string of the molecule is O=C(NNC(=S)NC(=O)c1ccc(OCCc2ccccc2)c(Br)c1)c1ccccc1. The summed E-state index contributed by atoms with van der Waals surface area (Å²) in [4.78, 5) is 24.4. The van der Waals surface area contributed by atoms with E-state index in [-0.39, 0.29) is 11.0 Å². The van der Waals surface area contributed by atoms with Crippen molar-refractivity contribution in [3.05, 3.63) is 100 Å². The largest absolute Gasteiger partial charge is 0.492 e. The van der Waals surface area contributed by atoms with Crippen molar-refractivity contribution in [2.24, 2.45) is 0 Å². The van der Waals surface area contributed by atoms with Crippen LogP contribution >= 0.6 is 28.1 Å². The first-order chi connectivity index (χ1) is 15.0. The molecule has 3 aromatic rings. The summed E-state index contributed by atoms with van der Waals surface area (Å²) in [5.74, 6) is -0.136. The van der Waals surface area contributed by atoms with Crippen LogP contribution in [0.15, 0.2) is 83.3 Å². The van der Waals surface area contributed by atoms with Gasteiger partial charge >= 0.3 is 0 Å². The topological polar surface area (TPSA) is 79.5 Å². The van der Waals surface area contributed by atoms with Gasteiger partial charge in [0.1, 0.15) is 5.75 Å². The monoisotopic (exact) mass is 497 g/mol. The number of ether oxygens (including phenoxy) is 1. The summed E-state index contributed by atoms with van der Waals surface area (Å²) in [5, 5.41) is 2.50. The van der Waals surface area contributed by atoms with E-state index in [0.29, 0.717) is 28.0 Å². The molecule has 6 nitrogen and oxygen atoms in total. The molecule has 0 aromatic heterocycles. The van der Waals surface area contributed by atoms with Crippen molar-refractivity contribution in [3.63, 3.8) is 0 Å². The number of rotatable bonds is 6. The maximum Gasteiger partial charge on any atom is 0.269 e. The maximum atomic E-state index is 12.4. The Morgan fingerprint density at radius 1 is 0.839 bits per heavy atom. The zero-order valence-corrected chi connectivity index (χ0v) is 18.8. The molecular weight excluding hydrogens is 478 g/mol. The molecule has 0 saturated heterocycles. The first kappa shape index (κ1) is 22.5. The van der Waals surface area contributed by atoms with Gasteiger partial charge in [-0.15, -0.1) is 0 Å². The summed E-state index contributed by atoms with van der Waals surface area (Å²) in [6.07, 6.45) is 0.782. The maximum absolute atomic E-state index is 12.4. The van der Waals surface area contributed by atoms with Gasteiger partial charge in [0.2, 0.25) is 0 Å². The minimum Gasteiger partial charge on any atom is -0.492 e. The van der Waals surface area contributed by atoms with E-state index in [1.165, 1.54) is 5.56 Å². The number of nitrogens with one attached hydrogen (secondary N) is 3. The lowest BCUT2D eigenvalue weighted by atomic mass is 10.2. The lowest BCUT2D eigenvalue weighted by Crippen LogP contribution is -2.48. The summed E-state index contributed by atoms with van der Waals surface area (Å²) in [5.41, 5.74) is 7.00. The average molecular weight is 498 g/mol. The fraction of sp³-hybridized carbons (Fsp3) is 0.0870. The van der Waals surface area contributed by atoms with Gasteiger partial charge in [-0.2, -0.15) is 0 Å². The summed E-state index contributed by atoms with van der Waals surface area (Å²) >= 11 is 8.50. The zero-order valence-electron chi connectivity index (χ0n) is 16.4. The van der Waals surface area contributed by atoms with Crippen LogP contribution in [0.3, 0.4) is 0 Å². The molecule has 2 amide bonds. The van der Waals surface area contributed by atoms with Crippen molar-refractivity contribution >= 4 is 45.1 Å². The number of thiocarbonyl (C=S) groups is 1. The number of amides is 2. The highest BCUT2D eigenvalue weighted by atomic mass is 79.9.